The highest BCUT2D eigenvalue weighted by Gasteiger charge is 1.97. The molecule has 0 fully saturated rings. The lowest BCUT2D eigenvalue weighted by Gasteiger charge is -2.17. The van der Waals surface area contributed by atoms with Crippen molar-refractivity contribution in [2.45, 2.75) is 20.8 Å². The molecule has 2 heteroatoms. The van der Waals surface area contributed by atoms with Gasteiger partial charge in [0.2, 0.25) is 0 Å². The molecule has 2 nitrogen and oxygen atoms in total. The van der Waals surface area contributed by atoms with E-state index >= 15 is 0 Å². The van der Waals surface area contributed by atoms with E-state index in [2.05, 4.69) is 31.2 Å². The van der Waals surface area contributed by atoms with Crippen LogP contribution in [-0.4, -0.2) is 25.3 Å². The van der Waals surface area contributed by atoms with Gasteiger partial charge < -0.3 is 10.0 Å². The zero-order valence-electron chi connectivity index (χ0n) is 9.62. The van der Waals surface area contributed by atoms with Gasteiger partial charge in [-0.3, -0.25) is 0 Å². The van der Waals surface area contributed by atoms with Gasteiger partial charge in [-0.2, -0.15) is 0 Å². The molecule has 0 amide bonds. The van der Waals surface area contributed by atoms with Gasteiger partial charge in [0, 0.05) is 19.3 Å². The minimum Gasteiger partial charge on any atom is -0.395 e. The average Bonchev–Trinajstić information content (AvgIpc) is 2.22. The van der Waals surface area contributed by atoms with Gasteiger partial charge in [0.25, 0.3) is 0 Å². The summed E-state index contributed by atoms with van der Waals surface area (Å²) in [5, 5.41) is 8.71. The molecule has 0 aromatic heterocycles. The second-order valence-electron chi connectivity index (χ2n) is 2.98. The fraction of sp³-hybridized carbons (Fsp3) is 0.500. The highest BCUT2D eigenvalue weighted by atomic mass is 16.3. The zero-order valence-corrected chi connectivity index (χ0v) is 9.62. The number of nitrogens with zero attached hydrogens (tertiary/aromatic N) is 1. The molecule has 0 unspecified atom stereocenters. The first-order chi connectivity index (χ1) is 6.74. The average molecular weight is 195 g/mol. The Morgan fingerprint density at radius 3 is 2.07 bits per heavy atom. The van der Waals surface area contributed by atoms with Crippen LogP contribution in [0.5, 0.6) is 0 Å². The first kappa shape index (κ1) is 13.0. The summed E-state index contributed by atoms with van der Waals surface area (Å²) in [5.74, 6) is 0. The molecule has 1 N–H and O–H groups in total. The Hall–Kier alpha value is -1.02. The molecule has 1 aromatic rings. The highest BCUT2D eigenvalue weighted by molar-refractivity contribution is 5.46. The molecule has 0 aliphatic rings. The number of aliphatic hydroxyl groups is 1. The molecule has 0 spiro atoms. The van der Waals surface area contributed by atoms with Gasteiger partial charge in [-0.1, -0.05) is 31.5 Å². The second-order valence-corrected chi connectivity index (χ2v) is 2.98. The Labute approximate surface area is 87.2 Å². The van der Waals surface area contributed by atoms with Crippen molar-refractivity contribution in [2.24, 2.45) is 0 Å². The molecule has 14 heavy (non-hydrogen) atoms. The van der Waals surface area contributed by atoms with Crippen LogP contribution in [-0.2, 0) is 0 Å². The molecule has 0 radical (unpaired) electrons. The Balaban J connectivity index is 0.000000791. The van der Waals surface area contributed by atoms with E-state index in [0.29, 0.717) is 6.54 Å². The van der Waals surface area contributed by atoms with Crippen molar-refractivity contribution in [1.29, 1.82) is 0 Å². The van der Waals surface area contributed by atoms with E-state index in [1.165, 1.54) is 5.56 Å². The van der Waals surface area contributed by atoms with Crippen LogP contribution in [0.15, 0.2) is 24.3 Å². The number of hydrogen-bond acceptors (Lipinski definition) is 2. The summed E-state index contributed by atoms with van der Waals surface area (Å²) in [6, 6.07) is 8.27. The fourth-order valence-electron chi connectivity index (χ4n) is 1.08. The van der Waals surface area contributed by atoms with Crippen LogP contribution in [0.3, 0.4) is 0 Å². The lowest BCUT2D eigenvalue weighted by Crippen LogP contribution is -2.20. The van der Waals surface area contributed by atoms with Crippen LogP contribution in [0, 0.1) is 6.92 Å². The number of likely N-dealkylation sites (N-methyl/N-ethyl adjacent to an activating group) is 1. The normalized spacial score (nSPS) is 8.93. The number of benzene rings is 1. The maximum absolute atomic E-state index is 8.71. The van der Waals surface area contributed by atoms with Crippen LogP contribution in [0.1, 0.15) is 19.4 Å². The van der Waals surface area contributed by atoms with Crippen LogP contribution in [0.4, 0.5) is 5.69 Å². The molecule has 80 valence electrons. The lowest BCUT2D eigenvalue weighted by molar-refractivity contribution is 0.304. The predicted octanol–water partition coefficient (Wildman–Crippen LogP) is 2.45. The van der Waals surface area contributed by atoms with E-state index in [1.807, 2.05) is 25.8 Å². The van der Waals surface area contributed by atoms with Gasteiger partial charge in [0.1, 0.15) is 0 Å². The summed E-state index contributed by atoms with van der Waals surface area (Å²) in [6.07, 6.45) is 0. The molecule has 0 aliphatic heterocycles. The Morgan fingerprint density at radius 1 is 1.14 bits per heavy atom. The standard InChI is InChI=1S/C10H15NO.C2H6/c1-9-3-5-10(6-4-9)11(2)7-8-12;1-2/h3-6,12H,7-8H2,1-2H3;1-2H3. The predicted molar refractivity (Wildman–Crippen MR) is 62.9 cm³/mol. The Bertz CT molecular complexity index is 231. The van der Waals surface area contributed by atoms with Crippen molar-refractivity contribution >= 4 is 5.69 Å². The number of aliphatic hydroxyl groups excluding tert-OH is 1. The molecule has 0 heterocycles. The minimum atomic E-state index is 0.199. The smallest absolute Gasteiger partial charge is 0.0606 e. The van der Waals surface area contributed by atoms with E-state index < -0.39 is 0 Å². The molecular formula is C12H21NO. The first-order valence-electron chi connectivity index (χ1n) is 5.12. The Morgan fingerprint density at radius 2 is 1.64 bits per heavy atom. The third-order valence-corrected chi connectivity index (χ3v) is 1.91. The third kappa shape index (κ3) is 4.28. The number of hydrogen-bond donors (Lipinski definition) is 1. The monoisotopic (exact) mass is 195 g/mol. The minimum absolute atomic E-state index is 0.199. The van der Waals surface area contributed by atoms with Crippen LogP contribution in [0.25, 0.3) is 0 Å². The summed E-state index contributed by atoms with van der Waals surface area (Å²) in [5.41, 5.74) is 2.41. The first-order valence-corrected chi connectivity index (χ1v) is 5.12. The molecular weight excluding hydrogens is 174 g/mol. The summed E-state index contributed by atoms with van der Waals surface area (Å²) >= 11 is 0. The van der Waals surface area contributed by atoms with Crippen molar-refractivity contribution in [3.05, 3.63) is 29.8 Å². The van der Waals surface area contributed by atoms with E-state index in [-0.39, 0.29) is 6.61 Å². The van der Waals surface area contributed by atoms with E-state index in [9.17, 15) is 0 Å². The lowest BCUT2D eigenvalue weighted by atomic mass is 10.2. The molecule has 1 aromatic carbocycles. The van der Waals surface area contributed by atoms with Gasteiger partial charge in [-0.25, -0.2) is 0 Å². The third-order valence-electron chi connectivity index (χ3n) is 1.91. The fourth-order valence-corrected chi connectivity index (χ4v) is 1.08. The quantitative estimate of drug-likeness (QED) is 0.800. The van der Waals surface area contributed by atoms with Gasteiger partial charge in [-0.15, -0.1) is 0 Å². The van der Waals surface area contributed by atoms with Crippen LogP contribution < -0.4 is 4.90 Å². The van der Waals surface area contributed by atoms with Gasteiger partial charge in [0.05, 0.1) is 6.61 Å². The zero-order chi connectivity index (χ0) is 11.0. The second kappa shape index (κ2) is 7.39. The highest BCUT2D eigenvalue weighted by Crippen LogP contribution is 2.12. The van der Waals surface area contributed by atoms with Crippen LogP contribution >= 0.6 is 0 Å². The van der Waals surface area contributed by atoms with Crippen LogP contribution in [0.2, 0.25) is 0 Å². The van der Waals surface area contributed by atoms with Crippen molar-refractivity contribution in [2.75, 3.05) is 25.1 Å². The van der Waals surface area contributed by atoms with E-state index in [0.717, 1.165) is 5.69 Å². The molecule has 0 aliphatic carbocycles. The van der Waals surface area contributed by atoms with Crippen molar-refractivity contribution < 1.29 is 5.11 Å². The largest absolute Gasteiger partial charge is 0.395 e. The molecule has 0 bridgehead atoms. The molecule has 1 rings (SSSR count). The van der Waals surface area contributed by atoms with Gasteiger partial charge >= 0.3 is 0 Å². The van der Waals surface area contributed by atoms with Gasteiger partial charge in [0.15, 0.2) is 0 Å². The maximum atomic E-state index is 8.71. The Kier molecular flexibility index (Phi) is 6.85. The van der Waals surface area contributed by atoms with Crippen molar-refractivity contribution in [1.82, 2.24) is 0 Å². The van der Waals surface area contributed by atoms with E-state index in [1.54, 1.807) is 0 Å². The number of rotatable bonds is 3. The number of aryl methyl sites for hydroxylation is 1. The molecule has 0 atom stereocenters. The molecule has 0 saturated carbocycles. The van der Waals surface area contributed by atoms with Gasteiger partial charge in [-0.05, 0) is 19.1 Å². The SMILES string of the molecule is CC.Cc1ccc(N(C)CCO)cc1. The van der Waals surface area contributed by atoms with Crippen molar-refractivity contribution in [3.8, 4) is 0 Å². The van der Waals surface area contributed by atoms with Crippen molar-refractivity contribution in [3.63, 3.8) is 0 Å². The maximum Gasteiger partial charge on any atom is 0.0606 e. The summed E-state index contributed by atoms with van der Waals surface area (Å²) in [6.45, 7) is 6.95. The molecule has 0 saturated heterocycles. The summed E-state index contributed by atoms with van der Waals surface area (Å²) < 4.78 is 0. The summed E-state index contributed by atoms with van der Waals surface area (Å²) in [7, 11) is 1.97. The topological polar surface area (TPSA) is 23.5 Å². The van der Waals surface area contributed by atoms with E-state index in [4.69, 9.17) is 5.11 Å². The summed E-state index contributed by atoms with van der Waals surface area (Å²) in [4.78, 5) is 2.03. The number of anilines is 1.